The maximum absolute atomic E-state index is 12.3. The lowest BCUT2D eigenvalue weighted by Crippen LogP contribution is -2.27. The van der Waals surface area contributed by atoms with Crippen molar-refractivity contribution in [1.82, 2.24) is 0 Å². The lowest BCUT2D eigenvalue weighted by Gasteiger charge is -2.14. The van der Waals surface area contributed by atoms with Gasteiger partial charge in [0, 0.05) is 66.1 Å². The van der Waals surface area contributed by atoms with E-state index in [2.05, 4.69) is 83.1 Å². The number of hydrogen-bond acceptors (Lipinski definition) is 15. The van der Waals surface area contributed by atoms with Crippen molar-refractivity contribution in [2.24, 2.45) is 33.4 Å². The molecule has 0 aromatic heterocycles. The average Bonchev–Trinajstić information content (AvgIpc) is 0.887. The molecule has 0 bridgehead atoms. The molecule has 0 aliphatic carbocycles. The van der Waals surface area contributed by atoms with Gasteiger partial charge in [-0.3, -0.25) is 39.4 Å². The third-order valence-electron chi connectivity index (χ3n) is 16.1. The number of rotatable bonds is 27. The first-order valence-electron chi connectivity index (χ1n) is 35.5. The zero-order chi connectivity index (χ0) is 77.3. The van der Waals surface area contributed by atoms with E-state index >= 15 is 0 Å². The fourth-order valence-electron chi connectivity index (χ4n) is 9.91. The van der Waals surface area contributed by atoms with Gasteiger partial charge in [-0.1, -0.05) is 221 Å². The summed E-state index contributed by atoms with van der Waals surface area (Å²) in [6.07, 6.45) is 7.74. The number of carbonyl (C=O) groups is 3. The second-order valence-corrected chi connectivity index (χ2v) is 24.6. The van der Waals surface area contributed by atoms with Gasteiger partial charge in [-0.15, -0.1) is 0 Å². The Labute approximate surface area is 622 Å². The van der Waals surface area contributed by atoms with E-state index in [4.69, 9.17) is 40.8 Å². The summed E-state index contributed by atoms with van der Waals surface area (Å²) in [6, 6.07) is 82.7. The number of nitrogens with two attached hydrogens (primary N) is 6. The van der Waals surface area contributed by atoms with Gasteiger partial charge >= 0.3 is 5.97 Å². The highest BCUT2D eigenvalue weighted by atomic mass is 31.0. The molecule has 0 radical (unpaired) electrons. The van der Waals surface area contributed by atoms with Crippen LogP contribution in [0.15, 0.2) is 272 Å². The van der Waals surface area contributed by atoms with Crippen LogP contribution < -0.4 is 50.4 Å². The number of non-ortho nitro benzene ring substituents is 2. The number of anilines is 4. The third-order valence-corrected chi connectivity index (χ3v) is 16.3. The number of aryl methyl sites for hydroxylation is 2. The quantitative estimate of drug-likeness (QED) is 0.00990. The first-order chi connectivity index (χ1) is 51.2. The Balaban J connectivity index is 0.000000267. The monoisotopic (exact) mass is 1440 g/mol. The van der Waals surface area contributed by atoms with Crippen LogP contribution in [0.3, 0.4) is 0 Å². The average molecular weight is 1440 g/mol. The molecule has 0 unspecified atom stereocenters. The molecule has 0 saturated heterocycles. The van der Waals surface area contributed by atoms with Crippen molar-refractivity contribution >= 4 is 60.9 Å². The van der Waals surface area contributed by atoms with Crippen molar-refractivity contribution in [3.63, 3.8) is 0 Å². The number of nitro groups is 2. The Morgan fingerprint density at radius 1 is 0.448 bits per heavy atom. The van der Waals surface area contributed by atoms with Crippen LogP contribution in [0.1, 0.15) is 120 Å². The van der Waals surface area contributed by atoms with Gasteiger partial charge in [0.05, 0.1) is 21.7 Å². The molecule has 2 amide bonds. The van der Waals surface area contributed by atoms with Crippen LogP contribution in [0.2, 0.25) is 0 Å². The summed E-state index contributed by atoms with van der Waals surface area (Å²) >= 11 is 0. The molecular weight excluding hydrogens is 1340 g/mol. The van der Waals surface area contributed by atoms with E-state index in [1.165, 1.54) is 29.7 Å². The molecule has 0 aliphatic heterocycles. The topological polar surface area (TPSA) is 362 Å². The Hall–Kier alpha value is -11.1. The molecule has 0 spiro atoms. The van der Waals surface area contributed by atoms with Crippen molar-refractivity contribution in [2.45, 2.75) is 103 Å². The molecule has 20 nitrogen and oxygen atoms in total. The number of nitro benzene ring substituents is 2. The van der Waals surface area contributed by atoms with Gasteiger partial charge in [0.2, 0.25) is 11.8 Å². The summed E-state index contributed by atoms with van der Waals surface area (Å²) in [7, 11) is 0.328. The largest absolute Gasteiger partial charge is 0.481 e. The van der Waals surface area contributed by atoms with Crippen LogP contribution in [0, 0.1) is 20.2 Å². The van der Waals surface area contributed by atoms with E-state index in [1.54, 1.807) is 31.2 Å². The molecule has 10 aromatic rings. The van der Waals surface area contributed by atoms with Gasteiger partial charge in [-0.2, -0.15) is 0 Å². The number of aliphatic carboxylic acids is 1. The molecule has 105 heavy (non-hydrogen) atoms. The first-order valence-corrected chi connectivity index (χ1v) is 35.4. The second-order valence-electron chi connectivity index (χ2n) is 24.3. The maximum atomic E-state index is 12.3. The highest BCUT2D eigenvalue weighted by molar-refractivity contribution is 7.03. The number of carboxylic acid groups (broad SMARTS) is 1. The smallest absolute Gasteiger partial charge is 0.310 e. The Bertz CT molecular complexity index is 4040. The van der Waals surface area contributed by atoms with E-state index in [0.717, 1.165) is 119 Å². The fraction of sp³-hybridized carbons (Fsp3) is 0.250. The Morgan fingerprint density at radius 2 is 0.771 bits per heavy atom. The third kappa shape index (κ3) is 34.6. The van der Waals surface area contributed by atoms with Gasteiger partial charge in [0.15, 0.2) is 0 Å². The molecule has 21 heteroatoms. The number of hydrogen-bond donors (Lipinski definition) is 10. The van der Waals surface area contributed by atoms with E-state index in [0.29, 0.717) is 35.2 Å². The number of nitrogen functional groups attached to an aromatic ring is 1. The van der Waals surface area contributed by atoms with Gasteiger partial charge in [-0.25, -0.2) is 0 Å². The van der Waals surface area contributed by atoms with Crippen LogP contribution in [0.4, 0.5) is 34.1 Å². The zero-order valence-corrected chi connectivity index (χ0v) is 61.4. The summed E-state index contributed by atoms with van der Waals surface area (Å²) < 4.78 is 10.9. The maximum Gasteiger partial charge on any atom is 0.310 e. The molecule has 0 aliphatic rings. The summed E-state index contributed by atoms with van der Waals surface area (Å²) in [4.78, 5) is 54.6. The SMILES string of the molecule is CCCc1ccc(N)cc1.CCCc1ccc([N+](=O)[O-])cc1.C[C@@H](C(=O)O)c1ccccc1.NCCc1ccc(NC(=O)[C@H](N)c2ccccc2)cc1.NCCc1ccc(NC[C@H](N)c2ccccc2)cc1.NCCc1ccc([N+](=O)[O-])cc1.[3H]P=NCCc1ccc(NC(=O)[C@H](C)c2ccccc2)cc1. The normalized spacial score (nSPS) is 11.5. The van der Waals surface area contributed by atoms with Gasteiger partial charge in [-0.05, 0) is 185 Å². The predicted molar refractivity (Wildman–Crippen MR) is 432 cm³/mol. The van der Waals surface area contributed by atoms with Crippen molar-refractivity contribution in [3.05, 3.63) is 343 Å². The number of carboxylic acids is 1. The highest BCUT2D eigenvalue weighted by Gasteiger charge is 2.17. The van der Waals surface area contributed by atoms with Crippen molar-refractivity contribution in [2.75, 3.05) is 54.4 Å². The number of nitrogens with one attached hydrogen (secondary N) is 3. The number of benzene rings is 10. The first kappa shape index (κ1) is 84.6. The Morgan fingerprint density at radius 3 is 1.13 bits per heavy atom. The molecule has 4 atom stereocenters. The lowest BCUT2D eigenvalue weighted by atomic mass is 10.0. The summed E-state index contributed by atoms with van der Waals surface area (Å²) in [5, 5.41) is 38.3. The van der Waals surface area contributed by atoms with E-state index < -0.39 is 22.9 Å². The van der Waals surface area contributed by atoms with Crippen molar-refractivity contribution < 1.29 is 29.3 Å². The minimum absolute atomic E-state index is 0.00455. The minimum Gasteiger partial charge on any atom is -0.481 e. The second kappa shape index (κ2) is 50.3. The van der Waals surface area contributed by atoms with Gasteiger partial charge in [0.1, 0.15) is 7.32 Å². The number of amides is 2. The number of carbonyl (C=O) groups excluding carboxylic acids is 2. The van der Waals surface area contributed by atoms with E-state index in [9.17, 15) is 34.6 Å². The highest BCUT2D eigenvalue weighted by Crippen LogP contribution is 2.21. The Kier molecular flexibility index (Phi) is 40.5. The summed E-state index contributed by atoms with van der Waals surface area (Å²) in [5.74, 6) is -1.60. The number of nitrogens with zero attached hydrogens (tertiary/aromatic N) is 3. The van der Waals surface area contributed by atoms with Gasteiger partial charge < -0.3 is 55.5 Å². The van der Waals surface area contributed by atoms with E-state index in [1.807, 2.05) is 189 Å². The van der Waals surface area contributed by atoms with Crippen LogP contribution in [-0.2, 0) is 52.9 Å². The molecule has 0 fully saturated rings. The van der Waals surface area contributed by atoms with Crippen LogP contribution >= 0.6 is 8.98 Å². The zero-order valence-electron chi connectivity index (χ0n) is 61.5. The summed E-state index contributed by atoms with van der Waals surface area (Å²) in [5.41, 5.74) is 48.6. The van der Waals surface area contributed by atoms with Crippen LogP contribution in [-0.4, -0.2) is 66.7 Å². The van der Waals surface area contributed by atoms with Crippen molar-refractivity contribution in [3.8, 4) is 0 Å². The molecule has 10 aromatic carbocycles. The van der Waals surface area contributed by atoms with Crippen molar-refractivity contribution in [1.29, 1.82) is 1.28 Å². The minimum atomic E-state index is -0.781. The fourth-order valence-corrected chi connectivity index (χ4v) is 10.0. The molecule has 10 rings (SSSR count). The molecule has 0 heterocycles. The predicted octanol–water partition coefficient (Wildman–Crippen LogP) is 16.2. The molecule has 16 N–H and O–H groups in total. The standard InChI is InChI=1S/C17H19N2OP.C16H19N3O.C16H21N3.C9H11NO2.C9H13N.C9H10O2.C8H10N2O2/c1-13(15-5-3-2-4-6-15)17(20)19-16-9-7-14(8-10-16)11-12-18-21;17-11-10-12-6-8-14(9-7-12)19-16(20)15(18)13-4-2-1-3-5-13;17-11-10-13-6-8-15(9-7-13)19-12-16(18)14-4-2-1-3-5-14;1-2-3-8-4-6-9(7-5-8)10(11)12;1-2-3-8-4-6-9(10)7-5-8;1-7(9(10)11)8-5-3-2-4-6-8;9-6-5-7-1-3-8(4-2-7)10(11)12/h2-10,13,21H,11-12H2,1H3,(H,19,20);1-9,15H,10-11,17-18H2,(H,19,20);1-9,16,19H,10-12,17-18H2;4-7H,2-3H2,1H3;4-7H,2-3,10H2,1H3;2-7H,1H3,(H,10,11);1-4H,5-6,9H2/t13-;15-;16-;;;7-;/m110..1./s1/i21T;;;;;;. The lowest BCUT2D eigenvalue weighted by molar-refractivity contribution is -0.385. The molecule has 0 saturated carbocycles. The van der Waals surface area contributed by atoms with Gasteiger partial charge in [0.25, 0.3) is 11.4 Å². The summed E-state index contributed by atoms with van der Waals surface area (Å²) in [6.45, 7) is 11.1. The van der Waals surface area contributed by atoms with Crippen LogP contribution in [0.25, 0.3) is 0 Å². The van der Waals surface area contributed by atoms with E-state index in [-0.39, 0.29) is 40.1 Å². The molecular formula is C84H103N12O8P. The molecule has 552 valence electrons. The van der Waals surface area contributed by atoms with Crippen LogP contribution in [0.5, 0.6) is 0 Å².